The normalized spacial score (nSPS) is 10.9. The minimum atomic E-state index is 0.772. The summed E-state index contributed by atoms with van der Waals surface area (Å²) in [5, 5.41) is 4.56. The lowest BCUT2D eigenvalue weighted by atomic mass is 10.2. The SMILES string of the molecule is c1ccc(CNCc2c[nH]c3ncccc23)nc1. The lowest BCUT2D eigenvalue weighted by Crippen LogP contribution is -2.13. The van der Waals surface area contributed by atoms with E-state index in [0.717, 1.165) is 24.4 Å². The Bertz CT molecular complexity index is 630. The molecule has 0 spiro atoms. The van der Waals surface area contributed by atoms with Crippen molar-refractivity contribution in [3.63, 3.8) is 0 Å². The van der Waals surface area contributed by atoms with Crippen LogP contribution in [-0.2, 0) is 13.1 Å². The van der Waals surface area contributed by atoms with Gasteiger partial charge in [-0.2, -0.15) is 0 Å². The van der Waals surface area contributed by atoms with Crippen LogP contribution in [0.4, 0.5) is 0 Å². The van der Waals surface area contributed by atoms with Crippen LogP contribution in [0.3, 0.4) is 0 Å². The van der Waals surface area contributed by atoms with E-state index in [1.54, 1.807) is 6.20 Å². The van der Waals surface area contributed by atoms with Crippen molar-refractivity contribution in [2.75, 3.05) is 0 Å². The molecule has 0 aromatic carbocycles. The Labute approximate surface area is 105 Å². The van der Waals surface area contributed by atoms with Gasteiger partial charge in [-0.15, -0.1) is 0 Å². The van der Waals surface area contributed by atoms with Gasteiger partial charge in [0.25, 0.3) is 0 Å². The monoisotopic (exact) mass is 238 g/mol. The molecule has 0 radical (unpaired) electrons. The predicted molar refractivity (Wildman–Crippen MR) is 70.9 cm³/mol. The number of fused-ring (bicyclic) bond motifs is 1. The third-order valence-electron chi connectivity index (χ3n) is 2.88. The summed E-state index contributed by atoms with van der Waals surface area (Å²) in [5.74, 6) is 0. The smallest absolute Gasteiger partial charge is 0.137 e. The maximum atomic E-state index is 4.28. The van der Waals surface area contributed by atoms with Gasteiger partial charge in [-0.05, 0) is 29.8 Å². The highest BCUT2D eigenvalue weighted by Gasteiger charge is 2.03. The molecule has 0 saturated heterocycles. The van der Waals surface area contributed by atoms with E-state index in [4.69, 9.17) is 0 Å². The van der Waals surface area contributed by atoms with Gasteiger partial charge in [0.1, 0.15) is 5.65 Å². The third kappa shape index (κ3) is 2.24. The number of hydrogen-bond acceptors (Lipinski definition) is 3. The summed E-state index contributed by atoms with van der Waals surface area (Å²) in [4.78, 5) is 11.7. The molecule has 0 atom stereocenters. The molecular weight excluding hydrogens is 224 g/mol. The van der Waals surface area contributed by atoms with Gasteiger partial charge < -0.3 is 10.3 Å². The highest BCUT2D eigenvalue weighted by Crippen LogP contribution is 2.15. The van der Waals surface area contributed by atoms with E-state index in [1.807, 2.05) is 36.7 Å². The lowest BCUT2D eigenvalue weighted by molar-refractivity contribution is 0.682. The Morgan fingerprint density at radius 1 is 1.00 bits per heavy atom. The van der Waals surface area contributed by atoms with Crippen LogP contribution in [-0.4, -0.2) is 15.0 Å². The van der Waals surface area contributed by atoms with Crippen molar-refractivity contribution in [2.45, 2.75) is 13.1 Å². The van der Waals surface area contributed by atoms with Crippen LogP contribution in [0.1, 0.15) is 11.3 Å². The van der Waals surface area contributed by atoms with Crippen molar-refractivity contribution in [1.29, 1.82) is 0 Å². The van der Waals surface area contributed by atoms with Crippen molar-refractivity contribution in [3.8, 4) is 0 Å². The average molecular weight is 238 g/mol. The van der Waals surface area contributed by atoms with Gasteiger partial charge in [-0.3, -0.25) is 4.98 Å². The average Bonchev–Trinajstić information content (AvgIpc) is 2.84. The Kier molecular flexibility index (Phi) is 3.02. The fourth-order valence-corrected chi connectivity index (χ4v) is 1.99. The second-order valence-electron chi connectivity index (χ2n) is 4.14. The fourth-order valence-electron chi connectivity index (χ4n) is 1.99. The summed E-state index contributed by atoms with van der Waals surface area (Å²) in [6, 6.07) is 9.98. The van der Waals surface area contributed by atoms with Crippen molar-refractivity contribution >= 4 is 11.0 Å². The zero-order valence-corrected chi connectivity index (χ0v) is 9.93. The van der Waals surface area contributed by atoms with Gasteiger partial charge in [-0.1, -0.05) is 6.07 Å². The second-order valence-corrected chi connectivity index (χ2v) is 4.14. The number of aromatic amines is 1. The number of H-pyrrole nitrogens is 1. The highest BCUT2D eigenvalue weighted by atomic mass is 14.9. The third-order valence-corrected chi connectivity index (χ3v) is 2.88. The molecular formula is C14H14N4. The maximum absolute atomic E-state index is 4.28. The number of nitrogens with one attached hydrogen (secondary N) is 2. The van der Waals surface area contributed by atoms with E-state index >= 15 is 0 Å². The Balaban J connectivity index is 1.67. The van der Waals surface area contributed by atoms with Gasteiger partial charge in [0, 0.05) is 37.1 Å². The molecule has 4 heteroatoms. The minimum absolute atomic E-state index is 0.772. The molecule has 0 fully saturated rings. The standard InChI is InChI=1S/C14H14N4/c1-2-6-16-12(4-1)10-15-8-11-9-18-14-13(11)5-3-7-17-14/h1-7,9,15H,8,10H2,(H,17,18). The first-order valence-electron chi connectivity index (χ1n) is 5.95. The molecule has 2 N–H and O–H groups in total. The summed E-state index contributed by atoms with van der Waals surface area (Å²) >= 11 is 0. The zero-order chi connectivity index (χ0) is 12.2. The molecule has 0 saturated carbocycles. The van der Waals surface area contributed by atoms with Crippen LogP contribution in [0.5, 0.6) is 0 Å². The summed E-state index contributed by atoms with van der Waals surface area (Å²) in [6.07, 6.45) is 5.61. The summed E-state index contributed by atoms with van der Waals surface area (Å²) in [7, 11) is 0. The predicted octanol–water partition coefficient (Wildman–Crippen LogP) is 2.25. The molecule has 0 amide bonds. The molecule has 3 rings (SSSR count). The van der Waals surface area contributed by atoms with E-state index in [0.29, 0.717) is 0 Å². The molecule has 0 bridgehead atoms. The molecule has 18 heavy (non-hydrogen) atoms. The van der Waals surface area contributed by atoms with Crippen LogP contribution in [0.25, 0.3) is 11.0 Å². The zero-order valence-electron chi connectivity index (χ0n) is 9.93. The van der Waals surface area contributed by atoms with Gasteiger partial charge in [0.15, 0.2) is 0 Å². The van der Waals surface area contributed by atoms with E-state index in [-0.39, 0.29) is 0 Å². The topological polar surface area (TPSA) is 53.6 Å². The van der Waals surface area contributed by atoms with Crippen LogP contribution in [0.2, 0.25) is 0 Å². The largest absolute Gasteiger partial charge is 0.346 e. The van der Waals surface area contributed by atoms with Gasteiger partial charge >= 0.3 is 0 Å². The molecule has 0 unspecified atom stereocenters. The number of pyridine rings is 2. The first-order valence-corrected chi connectivity index (χ1v) is 5.95. The molecule has 3 heterocycles. The summed E-state index contributed by atoms with van der Waals surface area (Å²) in [5.41, 5.74) is 3.22. The number of hydrogen-bond donors (Lipinski definition) is 2. The van der Waals surface area contributed by atoms with E-state index in [9.17, 15) is 0 Å². The minimum Gasteiger partial charge on any atom is -0.346 e. The fraction of sp³-hybridized carbons (Fsp3) is 0.143. The van der Waals surface area contributed by atoms with Crippen molar-refractivity contribution in [2.24, 2.45) is 0 Å². The van der Waals surface area contributed by atoms with Gasteiger partial charge in [0.2, 0.25) is 0 Å². The number of nitrogens with zero attached hydrogens (tertiary/aromatic N) is 2. The van der Waals surface area contributed by atoms with Crippen LogP contribution >= 0.6 is 0 Å². The summed E-state index contributed by atoms with van der Waals surface area (Å²) < 4.78 is 0. The van der Waals surface area contributed by atoms with Crippen molar-refractivity contribution < 1.29 is 0 Å². The number of rotatable bonds is 4. The van der Waals surface area contributed by atoms with Crippen molar-refractivity contribution in [1.82, 2.24) is 20.3 Å². The Morgan fingerprint density at radius 2 is 1.94 bits per heavy atom. The first-order chi connectivity index (χ1) is 8.93. The van der Waals surface area contributed by atoms with E-state index < -0.39 is 0 Å². The quantitative estimate of drug-likeness (QED) is 0.733. The molecule has 4 nitrogen and oxygen atoms in total. The van der Waals surface area contributed by atoms with Gasteiger partial charge in [-0.25, -0.2) is 4.98 Å². The van der Waals surface area contributed by atoms with E-state index in [2.05, 4.69) is 26.3 Å². The Morgan fingerprint density at radius 3 is 2.83 bits per heavy atom. The molecule has 0 aliphatic rings. The maximum Gasteiger partial charge on any atom is 0.137 e. The molecule has 3 aromatic rings. The van der Waals surface area contributed by atoms with Crippen LogP contribution in [0, 0.1) is 0 Å². The van der Waals surface area contributed by atoms with Gasteiger partial charge in [0.05, 0.1) is 5.69 Å². The highest BCUT2D eigenvalue weighted by molar-refractivity contribution is 5.79. The molecule has 3 aromatic heterocycles. The molecule has 0 aliphatic carbocycles. The van der Waals surface area contributed by atoms with Crippen LogP contribution < -0.4 is 5.32 Å². The molecule has 90 valence electrons. The lowest BCUT2D eigenvalue weighted by Gasteiger charge is -2.03. The first kappa shape index (κ1) is 10.9. The van der Waals surface area contributed by atoms with Crippen molar-refractivity contribution in [3.05, 3.63) is 60.2 Å². The molecule has 0 aliphatic heterocycles. The van der Waals surface area contributed by atoms with E-state index in [1.165, 1.54) is 10.9 Å². The Hall–Kier alpha value is -2.20. The van der Waals surface area contributed by atoms with Crippen LogP contribution in [0.15, 0.2) is 48.9 Å². The number of aromatic nitrogens is 3. The summed E-state index contributed by atoms with van der Waals surface area (Å²) in [6.45, 7) is 1.58. The second kappa shape index (κ2) is 4.98.